The van der Waals surface area contributed by atoms with Crippen LogP contribution in [0.4, 0.5) is 4.39 Å². The molecule has 4 nitrogen and oxygen atoms in total. The summed E-state index contributed by atoms with van der Waals surface area (Å²) >= 11 is 1.23. The van der Waals surface area contributed by atoms with E-state index in [9.17, 15) is 19.1 Å². The molecule has 0 fully saturated rings. The molecule has 0 unspecified atom stereocenters. The number of ether oxygens (including phenoxy) is 1. The molecule has 0 spiro atoms. The molecule has 0 saturated carbocycles. The minimum absolute atomic E-state index is 0.0411. The van der Waals surface area contributed by atoms with E-state index in [2.05, 4.69) is 4.74 Å². The Balaban J connectivity index is 2.46. The number of aromatic hydroxyl groups is 1. The maximum absolute atomic E-state index is 12.9. The SMILES string of the molecule is COC(=O)CCSCC(=O)c1cc(F)ccc1O. The average Bonchev–Trinajstić information content (AvgIpc) is 2.36. The zero-order valence-electron chi connectivity index (χ0n) is 9.81. The first-order chi connectivity index (χ1) is 8.54. The Hall–Kier alpha value is -1.56. The Labute approximate surface area is 108 Å². The van der Waals surface area contributed by atoms with Crippen LogP contribution in [0.2, 0.25) is 0 Å². The van der Waals surface area contributed by atoms with Gasteiger partial charge in [-0.15, -0.1) is 0 Å². The van der Waals surface area contributed by atoms with Crippen molar-refractivity contribution in [3.05, 3.63) is 29.6 Å². The predicted octanol–water partition coefficient (Wildman–Crippen LogP) is 2.01. The van der Waals surface area contributed by atoms with Crippen LogP contribution in [0, 0.1) is 5.82 Å². The summed E-state index contributed by atoms with van der Waals surface area (Å²) in [4.78, 5) is 22.5. The van der Waals surface area contributed by atoms with Gasteiger partial charge in [0.2, 0.25) is 0 Å². The summed E-state index contributed by atoms with van der Waals surface area (Å²) in [5, 5.41) is 9.42. The molecule has 0 radical (unpaired) electrons. The standard InChI is InChI=1S/C12H13FO4S/c1-17-12(16)4-5-18-7-11(15)9-6-8(13)2-3-10(9)14/h2-3,6,14H,4-5,7H2,1H3. The van der Waals surface area contributed by atoms with Gasteiger partial charge in [-0.05, 0) is 18.2 Å². The predicted molar refractivity (Wildman–Crippen MR) is 66.4 cm³/mol. The number of methoxy groups -OCH3 is 1. The van der Waals surface area contributed by atoms with Crippen LogP contribution in [-0.4, -0.2) is 35.5 Å². The van der Waals surface area contributed by atoms with Crippen molar-refractivity contribution >= 4 is 23.5 Å². The average molecular weight is 272 g/mol. The fraction of sp³-hybridized carbons (Fsp3) is 0.333. The van der Waals surface area contributed by atoms with Gasteiger partial charge in [0.05, 0.1) is 24.8 Å². The van der Waals surface area contributed by atoms with Crippen molar-refractivity contribution in [1.29, 1.82) is 0 Å². The molecule has 0 aliphatic carbocycles. The Morgan fingerprint density at radius 1 is 1.44 bits per heavy atom. The molecule has 0 aromatic heterocycles. The number of carbonyl (C=O) groups is 2. The fourth-order valence-electron chi connectivity index (χ4n) is 1.23. The van der Waals surface area contributed by atoms with Crippen LogP contribution in [0.15, 0.2) is 18.2 Å². The van der Waals surface area contributed by atoms with Crippen molar-refractivity contribution in [3.63, 3.8) is 0 Å². The van der Waals surface area contributed by atoms with Crippen molar-refractivity contribution in [1.82, 2.24) is 0 Å². The van der Waals surface area contributed by atoms with Gasteiger partial charge in [-0.25, -0.2) is 4.39 Å². The first kappa shape index (κ1) is 14.5. The minimum atomic E-state index is -0.573. The normalized spacial score (nSPS) is 10.1. The first-order valence-electron chi connectivity index (χ1n) is 5.21. The highest BCUT2D eigenvalue weighted by molar-refractivity contribution is 8.00. The van der Waals surface area contributed by atoms with Gasteiger partial charge >= 0.3 is 5.97 Å². The van der Waals surface area contributed by atoms with E-state index in [-0.39, 0.29) is 35.2 Å². The van der Waals surface area contributed by atoms with E-state index in [0.29, 0.717) is 5.75 Å². The molecule has 6 heteroatoms. The third kappa shape index (κ3) is 4.37. The van der Waals surface area contributed by atoms with Crippen LogP contribution in [0.25, 0.3) is 0 Å². The van der Waals surface area contributed by atoms with E-state index >= 15 is 0 Å². The van der Waals surface area contributed by atoms with Crippen molar-refractivity contribution in [3.8, 4) is 5.75 Å². The fourth-order valence-corrected chi connectivity index (χ4v) is 2.03. The highest BCUT2D eigenvalue weighted by atomic mass is 32.2. The lowest BCUT2D eigenvalue weighted by atomic mass is 10.1. The second-order valence-electron chi connectivity index (χ2n) is 3.46. The number of ketones is 1. The minimum Gasteiger partial charge on any atom is -0.507 e. The molecular weight excluding hydrogens is 259 g/mol. The number of benzene rings is 1. The van der Waals surface area contributed by atoms with Crippen LogP contribution in [-0.2, 0) is 9.53 Å². The van der Waals surface area contributed by atoms with Crippen molar-refractivity contribution in [2.45, 2.75) is 6.42 Å². The van der Waals surface area contributed by atoms with Gasteiger partial charge in [0.15, 0.2) is 5.78 Å². The number of esters is 1. The zero-order valence-corrected chi connectivity index (χ0v) is 10.6. The van der Waals surface area contributed by atoms with Gasteiger partial charge in [0.25, 0.3) is 0 Å². The molecule has 98 valence electrons. The first-order valence-corrected chi connectivity index (χ1v) is 6.36. The summed E-state index contributed by atoms with van der Waals surface area (Å²) in [6, 6.07) is 3.22. The maximum atomic E-state index is 12.9. The third-order valence-corrected chi connectivity index (χ3v) is 3.13. The van der Waals surface area contributed by atoms with Gasteiger partial charge < -0.3 is 9.84 Å². The lowest BCUT2D eigenvalue weighted by molar-refractivity contribution is -0.140. The van der Waals surface area contributed by atoms with E-state index in [1.165, 1.54) is 18.9 Å². The van der Waals surface area contributed by atoms with E-state index < -0.39 is 5.82 Å². The number of phenols is 1. The van der Waals surface area contributed by atoms with Crippen molar-refractivity contribution in [2.75, 3.05) is 18.6 Å². The van der Waals surface area contributed by atoms with Crippen LogP contribution in [0.3, 0.4) is 0 Å². The number of carbonyl (C=O) groups excluding carboxylic acids is 2. The Morgan fingerprint density at radius 2 is 2.17 bits per heavy atom. The van der Waals surface area contributed by atoms with Crippen LogP contribution in [0.1, 0.15) is 16.8 Å². The van der Waals surface area contributed by atoms with E-state index in [0.717, 1.165) is 18.2 Å². The van der Waals surface area contributed by atoms with E-state index in [1.807, 2.05) is 0 Å². The van der Waals surface area contributed by atoms with Gasteiger partial charge in [0.1, 0.15) is 11.6 Å². The Morgan fingerprint density at radius 3 is 2.83 bits per heavy atom. The lowest BCUT2D eigenvalue weighted by Crippen LogP contribution is -2.06. The monoisotopic (exact) mass is 272 g/mol. The molecule has 0 saturated heterocycles. The Bertz CT molecular complexity index is 448. The molecule has 0 bridgehead atoms. The van der Waals surface area contributed by atoms with E-state index in [1.54, 1.807) is 0 Å². The quantitative estimate of drug-likeness (QED) is 0.487. The molecule has 0 heterocycles. The summed E-state index contributed by atoms with van der Waals surface area (Å²) in [5.41, 5.74) is -0.0411. The molecule has 0 atom stereocenters. The molecule has 18 heavy (non-hydrogen) atoms. The molecule has 1 aromatic rings. The smallest absolute Gasteiger partial charge is 0.306 e. The number of halogens is 1. The third-order valence-electron chi connectivity index (χ3n) is 2.17. The molecule has 0 aliphatic heterocycles. The maximum Gasteiger partial charge on any atom is 0.306 e. The topological polar surface area (TPSA) is 63.6 Å². The van der Waals surface area contributed by atoms with Crippen LogP contribution in [0.5, 0.6) is 5.75 Å². The summed E-state index contributed by atoms with van der Waals surface area (Å²) in [5.74, 6) is -1.02. The molecule has 1 aromatic carbocycles. The van der Waals surface area contributed by atoms with Crippen LogP contribution < -0.4 is 0 Å². The number of hydrogen-bond donors (Lipinski definition) is 1. The number of Topliss-reactive ketones (excluding diaryl/α,β-unsaturated/α-hetero) is 1. The summed E-state index contributed by atoms with van der Waals surface area (Å²) in [6.07, 6.45) is 0.212. The summed E-state index contributed by atoms with van der Waals surface area (Å²) in [6.45, 7) is 0. The second-order valence-corrected chi connectivity index (χ2v) is 4.57. The lowest BCUT2D eigenvalue weighted by Gasteiger charge is -2.04. The second kappa shape index (κ2) is 7.00. The van der Waals surface area contributed by atoms with Gasteiger partial charge in [0, 0.05) is 5.75 Å². The molecular formula is C12H13FO4S. The molecule has 1 rings (SSSR count). The van der Waals surface area contributed by atoms with Crippen LogP contribution >= 0.6 is 11.8 Å². The Kier molecular flexibility index (Phi) is 5.64. The molecule has 1 N–H and O–H groups in total. The zero-order chi connectivity index (χ0) is 13.5. The van der Waals surface area contributed by atoms with E-state index in [4.69, 9.17) is 0 Å². The number of hydrogen-bond acceptors (Lipinski definition) is 5. The van der Waals surface area contributed by atoms with Crippen molar-refractivity contribution in [2.24, 2.45) is 0 Å². The molecule has 0 amide bonds. The van der Waals surface area contributed by atoms with Crippen molar-refractivity contribution < 1.29 is 23.8 Å². The van der Waals surface area contributed by atoms with Gasteiger partial charge in [-0.1, -0.05) is 0 Å². The highest BCUT2D eigenvalue weighted by Gasteiger charge is 2.12. The largest absolute Gasteiger partial charge is 0.507 e. The summed E-state index contributed by atoms with van der Waals surface area (Å²) in [7, 11) is 1.29. The number of rotatable bonds is 6. The summed E-state index contributed by atoms with van der Waals surface area (Å²) < 4.78 is 17.4. The molecule has 0 aliphatic rings. The number of phenolic OH excluding ortho intramolecular Hbond substituents is 1. The number of thioether (sulfide) groups is 1. The van der Waals surface area contributed by atoms with Gasteiger partial charge in [-0.3, -0.25) is 9.59 Å². The van der Waals surface area contributed by atoms with Gasteiger partial charge in [-0.2, -0.15) is 11.8 Å². The highest BCUT2D eigenvalue weighted by Crippen LogP contribution is 2.20.